The van der Waals surface area contributed by atoms with Gasteiger partial charge < -0.3 is 9.84 Å². The number of nitrogens with one attached hydrogen (secondary N) is 1. The van der Waals surface area contributed by atoms with Crippen LogP contribution in [0.2, 0.25) is 0 Å². The van der Waals surface area contributed by atoms with Gasteiger partial charge in [0, 0.05) is 12.5 Å². The maximum atomic E-state index is 11.4. The molecule has 4 heteroatoms. The number of carbonyl (C=O) groups is 1. The van der Waals surface area contributed by atoms with Crippen LogP contribution in [0.25, 0.3) is 0 Å². The SMILES string of the molecule is CCNC(=O)c1cnoc1C1CC1. The Kier molecular flexibility index (Phi) is 2.04. The molecule has 1 N–H and O–H groups in total. The summed E-state index contributed by atoms with van der Waals surface area (Å²) in [6.07, 6.45) is 3.72. The Morgan fingerprint density at radius 1 is 1.77 bits per heavy atom. The highest BCUT2D eigenvalue weighted by molar-refractivity contribution is 5.95. The Bertz CT molecular complexity index is 315. The van der Waals surface area contributed by atoms with Crippen LogP contribution in [0, 0.1) is 0 Å². The summed E-state index contributed by atoms with van der Waals surface area (Å²) >= 11 is 0. The molecule has 0 bridgehead atoms. The fraction of sp³-hybridized carbons (Fsp3) is 0.556. The van der Waals surface area contributed by atoms with Crippen molar-refractivity contribution in [1.82, 2.24) is 10.5 Å². The second-order valence-corrected chi connectivity index (χ2v) is 3.24. The normalized spacial score (nSPS) is 15.8. The van der Waals surface area contributed by atoms with E-state index in [1.165, 1.54) is 6.20 Å². The van der Waals surface area contributed by atoms with Gasteiger partial charge >= 0.3 is 0 Å². The molecule has 1 aromatic rings. The minimum Gasteiger partial charge on any atom is -0.360 e. The first-order valence-electron chi connectivity index (χ1n) is 4.55. The van der Waals surface area contributed by atoms with E-state index in [9.17, 15) is 4.79 Å². The number of aromatic nitrogens is 1. The van der Waals surface area contributed by atoms with Gasteiger partial charge in [-0.2, -0.15) is 0 Å². The molecule has 1 saturated carbocycles. The zero-order valence-electron chi connectivity index (χ0n) is 7.54. The lowest BCUT2D eigenvalue weighted by molar-refractivity contribution is 0.0953. The summed E-state index contributed by atoms with van der Waals surface area (Å²) in [5.74, 6) is 1.11. The zero-order valence-corrected chi connectivity index (χ0v) is 7.54. The number of carbonyl (C=O) groups excluding carboxylic acids is 1. The molecule has 0 spiro atoms. The Balaban J connectivity index is 2.18. The van der Waals surface area contributed by atoms with Gasteiger partial charge in [-0.25, -0.2) is 0 Å². The second kappa shape index (κ2) is 3.20. The zero-order chi connectivity index (χ0) is 9.26. The third-order valence-corrected chi connectivity index (χ3v) is 2.13. The summed E-state index contributed by atoms with van der Waals surface area (Å²) in [5, 5.41) is 6.38. The lowest BCUT2D eigenvalue weighted by Gasteiger charge is -1.99. The van der Waals surface area contributed by atoms with Crippen molar-refractivity contribution in [2.75, 3.05) is 6.54 Å². The molecule has 0 unspecified atom stereocenters. The van der Waals surface area contributed by atoms with Gasteiger partial charge in [-0.1, -0.05) is 5.16 Å². The van der Waals surface area contributed by atoms with Gasteiger partial charge in [-0.05, 0) is 19.8 Å². The molecule has 4 nitrogen and oxygen atoms in total. The highest BCUT2D eigenvalue weighted by atomic mass is 16.5. The minimum absolute atomic E-state index is 0.0781. The first-order chi connectivity index (χ1) is 6.33. The predicted molar refractivity (Wildman–Crippen MR) is 46.5 cm³/mol. The van der Waals surface area contributed by atoms with E-state index in [1.54, 1.807) is 0 Å². The fourth-order valence-electron chi connectivity index (χ4n) is 1.31. The van der Waals surface area contributed by atoms with Gasteiger partial charge in [-0.3, -0.25) is 4.79 Å². The van der Waals surface area contributed by atoms with E-state index < -0.39 is 0 Å². The van der Waals surface area contributed by atoms with Crippen LogP contribution in [0.5, 0.6) is 0 Å². The predicted octanol–water partition coefficient (Wildman–Crippen LogP) is 1.30. The largest absolute Gasteiger partial charge is 0.360 e. The summed E-state index contributed by atoms with van der Waals surface area (Å²) in [4.78, 5) is 11.4. The second-order valence-electron chi connectivity index (χ2n) is 3.24. The van der Waals surface area contributed by atoms with Crippen molar-refractivity contribution < 1.29 is 9.32 Å². The van der Waals surface area contributed by atoms with Crippen molar-refractivity contribution in [1.29, 1.82) is 0 Å². The van der Waals surface area contributed by atoms with Crippen LogP contribution in [-0.2, 0) is 0 Å². The van der Waals surface area contributed by atoms with E-state index in [4.69, 9.17) is 4.52 Å². The van der Waals surface area contributed by atoms with Crippen LogP contribution in [0.15, 0.2) is 10.7 Å². The molecule has 0 atom stereocenters. The molecule has 1 amide bonds. The standard InChI is InChI=1S/C9H12N2O2/c1-2-10-9(12)7-5-11-13-8(7)6-3-4-6/h5-6H,2-4H2,1H3,(H,10,12). The van der Waals surface area contributed by atoms with Gasteiger partial charge in [0.1, 0.15) is 5.56 Å². The van der Waals surface area contributed by atoms with Crippen LogP contribution >= 0.6 is 0 Å². The Labute approximate surface area is 76.3 Å². The summed E-state index contributed by atoms with van der Waals surface area (Å²) in [6, 6.07) is 0. The molecule has 1 fully saturated rings. The average molecular weight is 180 g/mol. The molecular formula is C9H12N2O2. The monoisotopic (exact) mass is 180 g/mol. The van der Waals surface area contributed by atoms with Crippen molar-refractivity contribution in [3.8, 4) is 0 Å². The van der Waals surface area contributed by atoms with Gasteiger partial charge in [0.2, 0.25) is 0 Å². The molecule has 0 aromatic carbocycles. The summed E-state index contributed by atoms with van der Waals surface area (Å²) in [7, 11) is 0. The van der Waals surface area contributed by atoms with Crippen LogP contribution < -0.4 is 5.32 Å². The Hall–Kier alpha value is -1.32. The van der Waals surface area contributed by atoms with E-state index in [1.807, 2.05) is 6.92 Å². The quantitative estimate of drug-likeness (QED) is 0.762. The minimum atomic E-state index is -0.0781. The van der Waals surface area contributed by atoms with Crippen LogP contribution in [0.1, 0.15) is 41.8 Å². The van der Waals surface area contributed by atoms with Gasteiger partial charge in [0.05, 0.1) is 6.20 Å². The number of nitrogens with zero attached hydrogens (tertiary/aromatic N) is 1. The maximum absolute atomic E-state index is 11.4. The lowest BCUT2D eigenvalue weighted by Crippen LogP contribution is -2.23. The van der Waals surface area contributed by atoms with E-state index in [0.29, 0.717) is 18.0 Å². The molecule has 1 aliphatic carbocycles. The van der Waals surface area contributed by atoms with E-state index >= 15 is 0 Å². The number of amides is 1. The number of rotatable bonds is 3. The van der Waals surface area contributed by atoms with E-state index in [-0.39, 0.29) is 5.91 Å². The maximum Gasteiger partial charge on any atom is 0.256 e. The van der Waals surface area contributed by atoms with Gasteiger partial charge in [-0.15, -0.1) is 0 Å². The molecule has 0 radical (unpaired) electrons. The molecule has 1 aromatic heterocycles. The smallest absolute Gasteiger partial charge is 0.256 e. The van der Waals surface area contributed by atoms with Crippen LogP contribution in [0.3, 0.4) is 0 Å². The summed E-state index contributed by atoms with van der Waals surface area (Å²) < 4.78 is 5.05. The molecule has 0 aliphatic heterocycles. The van der Waals surface area contributed by atoms with Crippen LogP contribution in [0.4, 0.5) is 0 Å². The molecular weight excluding hydrogens is 168 g/mol. The molecule has 1 aliphatic rings. The molecule has 2 rings (SSSR count). The van der Waals surface area contributed by atoms with Crippen molar-refractivity contribution in [2.45, 2.75) is 25.7 Å². The van der Waals surface area contributed by atoms with Gasteiger partial charge in [0.25, 0.3) is 5.91 Å². The third kappa shape index (κ3) is 1.56. The van der Waals surface area contributed by atoms with Gasteiger partial charge in [0.15, 0.2) is 5.76 Å². The first-order valence-corrected chi connectivity index (χ1v) is 4.55. The highest BCUT2D eigenvalue weighted by Crippen LogP contribution is 2.41. The highest BCUT2D eigenvalue weighted by Gasteiger charge is 2.32. The third-order valence-electron chi connectivity index (χ3n) is 2.13. The van der Waals surface area contributed by atoms with Crippen LogP contribution in [-0.4, -0.2) is 17.6 Å². The Morgan fingerprint density at radius 3 is 3.15 bits per heavy atom. The lowest BCUT2D eigenvalue weighted by atomic mass is 10.2. The fourth-order valence-corrected chi connectivity index (χ4v) is 1.31. The topological polar surface area (TPSA) is 55.1 Å². The molecule has 70 valence electrons. The van der Waals surface area contributed by atoms with Crippen molar-refractivity contribution in [3.05, 3.63) is 17.5 Å². The molecule has 13 heavy (non-hydrogen) atoms. The van der Waals surface area contributed by atoms with E-state index in [0.717, 1.165) is 18.6 Å². The number of hydrogen-bond donors (Lipinski definition) is 1. The summed E-state index contributed by atoms with van der Waals surface area (Å²) in [5.41, 5.74) is 0.601. The molecule has 0 saturated heterocycles. The first kappa shape index (κ1) is 8.29. The molecule has 1 heterocycles. The van der Waals surface area contributed by atoms with E-state index in [2.05, 4.69) is 10.5 Å². The summed E-state index contributed by atoms with van der Waals surface area (Å²) in [6.45, 7) is 2.52. The average Bonchev–Trinajstić information content (AvgIpc) is 2.84. The van der Waals surface area contributed by atoms with Crippen molar-refractivity contribution in [3.63, 3.8) is 0 Å². The van der Waals surface area contributed by atoms with Crippen molar-refractivity contribution in [2.24, 2.45) is 0 Å². The number of hydrogen-bond acceptors (Lipinski definition) is 3. The van der Waals surface area contributed by atoms with Crippen molar-refractivity contribution >= 4 is 5.91 Å². The Morgan fingerprint density at radius 2 is 2.54 bits per heavy atom.